The van der Waals surface area contributed by atoms with Crippen molar-refractivity contribution in [2.75, 3.05) is 13.1 Å². The van der Waals surface area contributed by atoms with Gasteiger partial charge in [-0.2, -0.15) is 0 Å². The van der Waals surface area contributed by atoms with Gasteiger partial charge in [-0.1, -0.05) is 36.4 Å². The number of piperidine rings is 1. The summed E-state index contributed by atoms with van der Waals surface area (Å²) in [5.74, 6) is -0.0681. The molecule has 0 spiro atoms. The summed E-state index contributed by atoms with van der Waals surface area (Å²) >= 11 is 0. The molecule has 3 heterocycles. The fourth-order valence-corrected chi connectivity index (χ4v) is 4.06. The zero-order valence-corrected chi connectivity index (χ0v) is 16.4. The van der Waals surface area contributed by atoms with E-state index in [1.807, 2.05) is 53.6 Å². The topological polar surface area (TPSA) is 86.4 Å². The van der Waals surface area contributed by atoms with E-state index in [4.69, 9.17) is 0 Å². The average Bonchev–Trinajstić information content (AvgIpc) is 3.29. The first-order chi connectivity index (χ1) is 14.2. The van der Waals surface area contributed by atoms with Crippen LogP contribution in [0.4, 0.5) is 0 Å². The Morgan fingerprint density at radius 2 is 2.00 bits per heavy atom. The van der Waals surface area contributed by atoms with Gasteiger partial charge in [0.2, 0.25) is 11.8 Å². The predicted octanol–water partition coefficient (Wildman–Crippen LogP) is 1.54. The Hall–Kier alpha value is -2.77. The largest absolute Gasteiger partial charge is 0.352 e. The quantitative estimate of drug-likeness (QED) is 0.718. The summed E-state index contributed by atoms with van der Waals surface area (Å²) in [6.07, 6.45) is 5.90. The second-order valence-corrected chi connectivity index (χ2v) is 7.74. The van der Waals surface area contributed by atoms with Crippen molar-refractivity contribution < 1.29 is 9.59 Å². The second kappa shape index (κ2) is 9.15. The van der Waals surface area contributed by atoms with E-state index in [9.17, 15) is 9.59 Å². The number of hydrazine groups is 1. The smallest absolute Gasteiger partial charge is 0.241 e. The van der Waals surface area contributed by atoms with E-state index in [1.54, 1.807) is 6.20 Å². The summed E-state index contributed by atoms with van der Waals surface area (Å²) in [6, 6.07) is 13.6. The van der Waals surface area contributed by atoms with Gasteiger partial charge in [0.25, 0.3) is 0 Å². The van der Waals surface area contributed by atoms with Gasteiger partial charge in [-0.15, -0.1) is 0 Å². The van der Waals surface area contributed by atoms with Crippen LogP contribution in [0.25, 0.3) is 0 Å². The number of benzene rings is 1. The highest BCUT2D eigenvalue weighted by molar-refractivity contribution is 5.84. The van der Waals surface area contributed by atoms with E-state index < -0.39 is 0 Å². The van der Waals surface area contributed by atoms with Crippen LogP contribution in [0.15, 0.2) is 54.9 Å². The highest BCUT2D eigenvalue weighted by Crippen LogP contribution is 2.24. The molecule has 2 saturated heterocycles. The zero-order valence-electron chi connectivity index (χ0n) is 16.4. The van der Waals surface area contributed by atoms with Gasteiger partial charge in [0.05, 0.1) is 5.92 Å². The minimum Gasteiger partial charge on any atom is -0.352 e. The van der Waals surface area contributed by atoms with Gasteiger partial charge in [-0.05, 0) is 36.5 Å². The Kier molecular flexibility index (Phi) is 6.17. The molecule has 3 unspecified atom stereocenters. The Balaban J connectivity index is 1.30. The highest BCUT2D eigenvalue weighted by atomic mass is 16.2. The third kappa shape index (κ3) is 4.81. The van der Waals surface area contributed by atoms with E-state index >= 15 is 0 Å². The first kappa shape index (κ1) is 19.5. The number of amides is 2. The van der Waals surface area contributed by atoms with Crippen LogP contribution in [0.3, 0.4) is 0 Å². The Labute approximate surface area is 170 Å². The standard InChI is InChI=1S/C22H27N5O2/c28-21(24-13-16-6-2-1-3-7-16)18-9-5-11-27(15-18)22(29)20-12-19(25-26-20)17-8-4-10-23-14-17/h1-4,6-8,10,14,18-20,25-26H,5,9,11-13,15H2,(H,24,28). The normalized spacial score (nSPS) is 24.3. The summed E-state index contributed by atoms with van der Waals surface area (Å²) in [4.78, 5) is 31.6. The molecule has 3 atom stereocenters. The number of pyridine rings is 1. The molecule has 2 aliphatic rings. The molecule has 4 rings (SSSR count). The summed E-state index contributed by atoms with van der Waals surface area (Å²) in [6.45, 7) is 1.71. The number of hydrogen-bond donors (Lipinski definition) is 3. The van der Waals surface area contributed by atoms with E-state index in [-0.39, 0.29) is 29.8 Å². The lowest BCUT2D eigenvalue weighted by Crippen LogP contribution is -2.51. The molecular weight excluding hydrogens is 366 g/mol. The second-order valence-electron chi connectivity index (χ2n) is 7.74. The molecule has 3 N–H and O–H groups in total. The van der Waals surface area contributed by atoms with Crippen LogP contribution in [-0.2, 0) is 16.1 Å². The molecule has 2 aliphatic heterocycles. The van der Waals surface area contributed by atoms with Crippen molar-refractivity contribution in [3.8, 4) is 0 Å². The first-order valence-corrected chi connectivity index (χ1v) is 10.2. The van der Waals surface area contributed by atoms with Gasteiger partial charge in [-0.25, -0.2) is 10.9 Å². The predicted molar refractivity (Wildman–Crippen MR) is 109 cm³/mol. The summed E-state index contributed by atoms with van der Waals surface area (Å²) < 4.78 is 0. The van der Waals surface area contributed by atoms with Crippen molar-refractivity contribution >= 4 is 11.8 Å². The van der Waals surface area contributed by atoms with E-state index in [2.05, 4.69) is 21.2 Å². The molecule has 7 heteroatoms. The van der Waals surface area contributed by atoms with E-state index in [0.29, 0.717) is 26.1 Å². The van der Waals surface area contributed by atoms with E-state index in [0.717, 1.165) is 24.0 Å². The lowest BCUT2D eigenvalue weighted by Gasteiger charge is -2.33. The van der Waals surface area contributed by atoms with Gasteiger partial charge < -0.3 is 10.2 Å². The number of aromatic nitrogens is 1. The molecule has 2 fully saturated rings. The lowest BCUT2D eigenvalue weighted by molar-refractivity contribution is -0.137. The number of nitrogens with one attached hydrogen (secondary N) is 3. The molecule has 0 aliphatic carbocycles. The number of hydrogen-bond acceptors (Lipinski definition) is 5. The zero-order chi connectivity index (χ0) is 20.1. The maximum atomic E-state index is 13.0. The number of likely N-dealkylation sites (tertiary alicyclic amines) is 1. The van der Waals surface area contributed by atoms with Crippen LogP contribution < -0.4 is 16.2 Å². The Bertz CT molecular complexity index is 830. The van der Waals surface area contributed by atoms with Crippen molar-refractivity contribution in [2.24, 2.45) is 5.92 Å². The molecule has 0 saturated carbocycles. The molecular formula is C22H27N5O2. The van der Waals surface area contributed by atoms with Crippen LogP contribution >= 0.6 is 0 Å². The maximum absolute atomic E-state index is 13.0. The third-order valence-corrected chi connectivity index (χ3v) is 5.70. The van der Waals surface area contributed by atoms with Crippen molar-refractivity contribution in [3.05, 3.63) is 66.0 Å². The van der Waals surface area contributed by atoms with Crippen molar-refractivity contribution in [3.63, 3.8) is 0 Å². The molecule has 0 bridgehead atoms. The lowest BCUT2D eigenvalue weighted by atomic mass is 9.95. The monoisotopic (exact) mass is 393 g/mol. The minimum atomic E-state index is -0.286. The molecule has 0 radical (unpaired) electrons. The highest BCUT2D eigenvalue weighted by Gasteiger charge is 2.36. The minimum absolute atomic E-state index is 0.0251. The van der Waals surface area contributed by atoms with Crippen LogP contribution in [-0.4, -0.2) is 40.8 Å². The number of carbonyl (C=O) groups is 2. The van der Waals surface area contributed by atoms with Crippen LogP contribution in [0.2, 0.25) is 0 Å². The Morgan fingerprint density at radius 1 is 1.14 bits per heavy atom. The van der Waals surface area contributed by atoms with Gasteiger partial charge in [0.15, 0.2) is 0 Å². The molecule has 2 amide bonds. The average molecular weight is 393 g/mol. The first-order valence-electron chi connectivity index (χ1n) is 10.2. The summed E-state index contributed by atoms with van der Waals surface area (Å²) in [7, 11) is 0. The summed E-state index contributed by atoms with van der Waals surface area (Å²) in [5.41, 5.74) is 8.46. The fraction of sp³-hybridized carbons (Fsp3) is 0.409. The number of nitrogens with zero attached hydrogens (tertiary/aromatic N) is 2. The molecule has 7 nitrogen and oxygen atoms in total. The van der Waals surface area contributed by atoms with Gasteiger partial charge in [0.1, 0.15) is 6.04 Å². The van der Waals surface area contributed by atoms with Gasteiger partial charge in [-0.3, -0.25) is 14.6 Å². The SMILES string of the molecule is O=C(NCc1ccccc1)C1CCCN(C(=O)C2CC(c3cccnc3)NN2)C1. The van der Waals surface area contributed by atoms with E-state index in [1.165, 1.54) is 0 Å². The number of rotatable bonds is 5. The molecule has 1 aromatic heterocycles. The van der Waals surface area contributed by atoms with Crippen molar-refractivity contribution in [1.29, 1.82) is 0 Å². The van der Waals surface area contributed by atoms with Gasteiger partial charge in [0, 0.05) is 38.1 Å². The molecule has 29 heavy (non-hydrogen) atoms. The van der Waals surface area contributed by atoms with Crippen LogP contribution in [0.1, 0.15) is 36.4 Å². The molecule has 1 aromatic carbocycles. The molecule has 2 aromatic rings. The van der Waals surface area contributed by atoms with Crippen LogP contribution in [0.5, 0.6) is 0 Å². The van der Waals surface area contributed by atoms with Gasteiger partial charge >= 0.3 is 0 Å². The maximum Gasteiger partial charge on any atom is 0.241 e. The Morgan fingerprint density at radius 3 is 2.79 bits per heavy atom. The third-order valence-electron chi connectivity index (χ3n) is 5.70. The van der Waals surface area contributed by atoms with Crippen molar-refractivity contribution in [2.45, 2.75) is 37.9 Å². The number of carbonyl (C=O) groups excluding carboxylic acids is 2. The van der Waals surface area contributed by atoms with Crippen LogP contribution in [0, 0.1) is 5.92 Å². The fourth-order valence-electron chi connectivity index (χ4n) is 4.06. The van der Waals surface area contributed by atoms with Crippen molar-refractivity contribution in [1.82, 2.24) is 26.1 Å². The summed E-state index contributed by atoms with van der Waals surface area (Å²) in [5, 5.41) is 3.01. The molecule has 152 valence electrons.